The number of piperidine rings is 1. The summed E-state index contributed by atoms with van der Waals surface area (Å²) < 4.78 is 5.18. The predicted molar refractivity (Wildman–Crippen MR) is 117 cm³/mol. The number of hydrogen-bond acceptors (Lipinski definition) is 4. The first-order chi connectivity index (χ1) is 14.5. The molecular formula is C25H30N2O3. The minimum absolute atomic E-state index is 0.0585. The topological polar surface area (TPSA) is 58.6 Å². The number of nitrogens with one attached hydrogen (secondary N) is 1. The molecule has 158 valence electrons. The van der Waals surface area contributed by atoms with Gasteiger partial charge in [-0.3, -0.25) is 9.69 Å². The molecular weight excluding hydrogens is 376 g/mol. The quantitative estimate of drug-likeness (QED) is 0.801. The number of carbonyl (C=O) groups excluding carboxylic acids is 2. The van der Waals surface area contributed by atoms with Crippen LogP contribution in [-0.4, -0.2) is 36.9 Å². The minimum Gasteiger partial charge on any atom is -0.410 e. The number of aryl methyl sites for hydroxylation is 1. The highest BCUT2D eigenvalue weighted by Crippen LogP contribution is 2.35. The fraction of sp³-hybridized carbons (Fsp3) is 0.440. The lowest BCUT2D eigenvalue weighted by atomic mass is 9.85. The van der Waals surface area contributed by atoms with E-state index in [1.54, 1.807) is 12.1 Å². The van der Waals surface area contributed by atoms with Crippen LogP contribution in [0.15, 0.2) is 42.5 Å². The zero-order valence-corrected chi connectivity index (χ0v) is 17.8. The van der Waals surface area contributed by atoms with E-state index in [9.17, 15) is 9.59 Å². The van der Waals surface area contributed by atoms with Crippen LogP contribution in [-0.2, 0) is 13.0 Å². The lowest BCUT2D eigenvalue weighted by Crippen LogP contribution is -2.34. The van der Waals surface area contributed by atoms with Gasteiger partial charge in [-0.25, -0.2) is 4.79 Å². The maximum absolute atomic E-state index is 13.0. The summed E-state index contributed by atoms with van der Waals surface area (Å²) in [5, 5.41) is 2.43. The Kier molecular flexibility index (Phi) is 6.18. The molecule has 1 aliphatic heterocycles. The molecule has 1 N–H and O–H groups in total. The van der Waals surface area contributed by atoms with Gasteiger partial charge in [-0.1, -0.05) is 30.3 Å². The van der Waals surface area contributed by atoms with E-state index in [4.69, 9.17) is 4.74 Å². The zero-order valence-electron chi connectivity index (χ0n) is 17.8. The lowest BCUT2D eigenvalue weighted by Gasteiger charge is -2.33. The number of Topliss-reactive ketones (excluding diaryl/α,β-unsaturated/α-hetero) is 1. The van der Waals surface area contributed by atoms with Gasteiger partial charge >= 0.3 is 6.09 Å². The third kappa shape index (κ3) is 4.57. The highest BCUT2D eigenvalue weighted by molar-refractivity contribution is 6.02. The molecule has 1 amide bonds. The number of amides is 1. The number of rotatable bonds is 5. The number of hydrogen-bond donors (Lipinski definition) is 1. The second kappa shape index (κ2) is 9.00. The van der Waals surface area contributed by atoms with Crippen LogP contribution in [0.2, 0.25) is 0 Å². The van der Waals surface area contributed by atoms with E-state index in [2.05, 4.69) is 41.4 Å². The predicted octanol–water partition coefficient (Wildman–Crippen LogP) is 4.37. The molecule has 1 atom stereocenters. The Morgan fingerprint density at radius 1 is 1.17 bits per heavy atom. The summed E-state index contributed by atoms with van der Waals surface area (Å²) in [6.07, 6.45) is 3.54. The number of likely N-dealkylation sites (tertiary alicyclic amines) is 1. The summed E-state index contributed by atoms with van der Waals surface area (Å²) in [6, 6.07) is 14.0. The monoisotopic (exact) mass is 406 g/mol. The first-order valence-corrected chi connectivity index (χ1v) is 10.9. The van der Waals surface area contributed by atoms with Gasteiger partial charge in [0.1, 0.15) is 5.75 Å². The van der Waals surface area contributed by atoms with E-state index in [0.29, 0.717) is 11.7 Å². The van der Waals surface area contributed by atoms with Gasteiger partial charge in [0.15, 0.2) is 5.78 Å². The molecule has 0 aromatic heterocycles. The van der Waals surface area contributed by atoms with Gasteiger partial charge in [-0.2, -0.15) is 0 Å². The molecule has 5 heteroatoms. The molecule has 5 nitrogen and oxygen atoms in total. The zero-order chi connectivity index (χ0) is 21.1. The Morgan fingerprint density at radius 3 is 2.67 bits per heavy atom. The Labute approximate surface area is 178 Å². The van der Waals surface area contributed by atoms with Crippen molar-refractivity contribution in [3.8, 4) is 5.75 Å². The number of ether oxygens (including phenoxy) is 1. The maximum Gasteiger partial charge on any atom is 0.412 e. The van der Waals surface area contributed by atoms with Gasteiger partial charge in [0.25, 0.3) is 0 Å². The Bertz CT molecular complexity index is 932. The Hall–Kier alpha value is -2.66. The minimum atomic E-state index is -0.519. The lowest BCUT2D eigenvalue weighted by molar-refractivity contribution is 0.0895. The molecule has 30 heavy (non-hydrogen) atoms. The summed E-state index contributed by atoms with van der Waals surface area (Å²) >= 11 is 0. The van der Waals surface area contributed by atoms with Crippen LogP contribution in [0.4, 0.5) is 4.79 Å². The van der Waals surface area contributed by atoms with E-state index in [-0.39, 0.29) is 11.7 Å². The van der Waals surface area contributed by atoms with Crippen molar-refractivity contribution in [2.24, 2.45) is 11.8 Å². The van der Waals surface area contributed by atoms with E-state index in [1.165, 1.54) is 18.2 Å². The standard InChI is InChI=1S/C25H30N2O3/c1-17-5-3-4-6-20(17)16-27-11-9-18(10-12-27)13-21-14-19-7-8-22(30-25(29)26-2)15-23(19)24(21)28/h3-8,15,18,21H,9-14,16H2,1-2H3,(H,26,29). The number of benzene rings is 2. The van der Waals surface area contributed by atoms with Gasteiger partial charge in [0.05, 0.1) is 0 Å². The van der Waals surface area contributed by atoms with Crippen molar-refractivity contribution in [3.05, 3.63) is 64.7 Å². The molecule has 1 aliphatic carbocycles. The van der Waals surface area contributed by atoms with Crippen LogP contribution in [0.3, 0.4) is 0 Å². The molecule has 0 saturated carbocycles. The summed E-state index contributed by atoms with van der Waals surface area (Å²) in [7, 11) is 1.52. The van der Waals surface area contributed by atoms with Crippen LogP contribution in [0.1, 0.15) is 46.3 Å². The van der Waals surface area contributed by atoms with Crippen LogP contribution >= 0.6 is 0 Å². The van der Waals surface area contributed by atoms with Gasteiger partial charge in [0.2, 0.25) is 0 Å². The van der Waals surface area contributed by atoms with E-state index in [0.717, 1.165) is 56.4 Å². The summed E-state index contributed by atoms with van der Waals surface area (Å²) in [5.74, 6) is 1.28. The molecule has 1 heterocycles. The van der Waals surface area contributed by atoms with Gasteiger partial charge in [-0.15, -0.1) is 0 Å². The Balaban J connectivity index is 1.31. The van der Waals surface area contributed by atoms with Crippen molar-refractivity contribution >= 4 is 11.9 Å². The van der Waals surface area contributed by atoms with Crippen LogP contribution < -0.4 is 10.1 Å². The van der Waals surface area contributed by atoms with E-state index >= 15 is 0 Å². The number of nitrogens with zero attached hydrogens (tertiary/aromatic N) is 1. The second-order valence-electron chi connectivity index (χ2n) is 8.61. The highest BCUT2D eigenvalue weighted by Gasteiger charge is 2.33. The number of ketones is 1. The van der Waals surface area contributed by atoms with Crippen molar-refractivity contribution in [2.45, 2.75) is 39.2 Å². The smallest absolute Gasteiger partial charge is 0.410 e. The molecule has 0 bridgehead atoms. The molecule has 2 aromatic carbocycles. The third-order valence-electron chi connectivity index (χ3n) is 6.58. The second-order valence-corrected chi connectivity index (χ2v) is 8.61. The largest absolute Gasteiger partial charge is 0.412 e. The first-order valence-electron chi connectivity index (χ1n) is 10.9. The normalized spacial score (nSPS) is 19.5. The maximum atomic E-state index is 13.0. The summed E-state index contributed by atoms with van der Waals surface area (Å²) in [4.78, 5) is 26.9. The molecule has 1 saturated heterocycles. The average Bonchev–Trinajstić information content (AvgIpc) is 3.06. The molecule has 2 aliphatic rings. The van der Waals surface area contributed by atoms with Crippen LogP contribution in [0, 0.1) is 18.8 Å². The summed E-state index contributed by atoms with van der Waals surface area (Å²) in [5.41, 5.74) is 4.56. The summed E-state index contributed by atoms with van der Waals surface area (Å²) in [6.45, 7) is 5.38. The molecule has 1 unspecified atom stereocenters. The molecule has 1 fully saturated rings. The fourth-order valence-electron chi connectivity index (χ4n) is 4.76. The van der Waals surface area contributed by atoms with Gasteiger partial charge < -0.3 is 10.1 Å². The van der Waals surface area contributed by atoms with Crippen molar-refractivity contribution in [3.63, 3.8) is 0 Å². The van der Waals surface area contributed by atoms with E-state index in [1.807, 2.05) is 6.07 Å². The van der Waals surface area contributed by atoms with Crippen LogP contribution in [0.25, 0.3) is 0 Å². The molecule has 0 spiro atoms. The van der Waals surface area contributed by atoms with Gasteiger partial charge in [0, 0.05) is 25.1 Å². The molecule has 0 radical (unpaired) electrons. The van der Waals surface area contributed by atoms with Crippen molar-refractivity contribution < 1.29 is 14.3 Å². The van der Waals surface area contributed by atoms with Crippen molar-refractivity contribution in [1.29, 1.82) is 0 Å². The van der Waals surface area contributed by atoms with Crippen LogP contribution in [0.5, 0.6) is 5.75 Å². The number of carbonyl (C=O) groups is 2. The Morgan fingerprint density at radius 2 is 1.93 bits per heavy atom. The first kappa shape index (κ1) is 20.6. The van der Waals surface area contributed by atoms with Crippen molar-refractivity contribution in [1.82, 2.24) is 10.2 Å². The highest BCUT2D eigenvalue weighted by atomic mass is 16.5. The van der Waals surface area contributed by atoms with E-state index < -0.39 is 6.09 Å². The molecule has 2 aromatic rings. The SMILES string of the molecule is CNC(=O)Oc1ccc2c(c1)C(=O)C(CC1CCN(Cc3ccccc3C)CC1)C2. The number of fused-ring (bicyclic) bond motifs is 1. The third-order valence-corrected chi connectivity index (χ3v) is 6.58. The van der Waals surface area contributed by atoms with Gasteiger partial charge in [-0.05, 0) is 80.4 Å². The fourth-order valence-corrected chi connectivity index (χ4v) is 4.76. The van der Waals surface area contributed by atoms with Crippen molar-refractivity contribution in [2.75, 3.05) is 20.1 Å². The average molecular weight is 407 g/mol. The molecule has 4 rings (SSSR count).